The molecule has 0 aromatic carbocycles. The van der Waals surface area contributed by atoms with Gasteiger partial charge in [-0.25, -0.2) is 8.42 Å². The van der Waals surface area contributed by atoms with Crippen LogP contribution in [0.25, 0.3) is 0 Å². The quantitative estimate of drug-likeness (QED) is 0.737. The molecular weight excluding hydrogens is 228 g/mol. The number of rotatable bonds is 3. The van der Waals surface area contributed by atoms with Crippen molar-refractivity contribution in [2.24, 2.45) is 0 Å². The summed E-state index contributed by atoms with van der Waals surface area (Å²) >= 11 is 5.46. The number of nitrogens with zero attached hydrogens (tertiary/aromatic N) is 2. The Morgan fingerprint density at radius 3 is 2.36 bits per heavy atom. The van der Waals surface area contributed by atoms with Crippen LogP contribution in [-0.2, 0) is 20.5 Å². The average molecular weight is 239 g/mol. The van der Waals surface area contributed by atoms with E-state index < -0.39 is 14.6 Å². The fourth-order valence-electron chi connectivity index (χ4n) is 0.710. The highest BCUT2D eigenvalue weighted by atomic mass is 35.5. The Hall–Kier alpha value is -0.620. The molecular formula is C7H11ClN2O3S. The molecule has 0 aliphatic heterocycles. The smallest absolute Gasteiger partial charge is 0.237 e. The minimum Gasteiger partial charge on any atom is -0.422 e. The standard InChI is InChI=1S/C7H11ClN2O3S/c1-7(2,14(3,11)12)6-10-9-5(4-8)13-6/h4H2,1-3H3. The Labute approximate surface area is 87.4 Å². The molecule has 14 heavy (non-hydrogen) atoms. The molecule has 0 fully saturated rings. The lowest BCUT2D eigenvalue weighted by molar-refractivity contribution is 0.415. The Bertz CT molecular complexity index is 424. The van der Waals surface area contributed by atoms with Crippen LogP contribution in [-0.4, -0.2) is 24.9 Å². The summed E-state index contributed by atoms with van der Waals surface area (Å²) < 4.78 is 26.7. The first-order valence-corrected chi connectivity index (χ1v) is 6.30. The van der Waals surface area contributed by atoms with Gasteiger partial charge in [0.05, 0.1) is 0 Å². The van der Waals surface area contributed by atoms with E-state index in [4.69, 9.17) is 16.0 Å². The van der Waals surface area contributed by atoms with Crippen molar-refractivity contribution in [1.82, 2.24) is 10.2 Å². The summed E-state index contributed by atoms with van der Waals surface area (Å²) in [6.45, 7) is 3.02. The van der Waals surface area contributed by atoms with E-state index in [0.29, 0.717) is 0 Å². The van der Waals surface area contributed by atoms with E-state index in [1.54, 1.807) is 0 Å². The summed E-state index contributed by atoms with van der Waals surface area (Å²) in [5.74, 6) is 0.362. The number of hydrogen-bond acceptors (Lipinski definition) is 5. The molecule has 0 saturated heterocycles. The molecule has 1 rings (SSSR count). The van der Waals surface area contributed by atoms with Crippen LogP contribution in [0.2, 0.25) is 0 Å². The van der Waals surface area contributed by atoms with Crippen molar-refractivity contribution < 1.29 is 12.8 Å². The summed E-state index contributed by atoms with van der Waals surface area (Å²) in [6, 6.07) is 0. The highest BCUT2D eigenvalue weighted by Crippen LogP contribution is 2.27. The highest BCUT2D eigenvalue weighted by molar-refractivity contribution is 7.91. The van der Waals surface area contributed by atoms with E-state index in [1.807, 2.05) is 0 Å². The monoisotopic (exact) mass is 238 g/mol. The fraction of sp³-hybridized carbons (Fsp3) is 0.714. The van der Waals surface area contributed by atoms with Crippen LogP contribution in [0.1, 0.15) is 25.6 Å². The van der Waals surface area contributed by atoms with Gasteiger partial charge in [0.1, 0.15) is 10.6 Å². The lowest BCUT2D eigenvalue weighted by Gasteiger charge is -2.16. The van der Waals surface area contributed by atoms with Crippen LogP contribution in [0.3, 0.4) is 0 Å². The first-order valence-electron chi connectivity index (χ1n) is 3.87. The lowest BCUT2D eigenvalue weighted by Crippen LogP contribution is -2.28. The number of halogens is 1. The third-order valence-corrected chi connectivity index (χ3v) is 4.28. The van der Waals surface area contributed by atoms with Crippen LogP contribution >= 0.6 is 11.6 Å². The number of hydrogen-bond donors (Lipinski definition) is 0. The Morgan fingerprint density at radius 1 is 1.43 bits per heavy atom. The summed E-state index contributed by atoms with van der Waals surface area (Å²) in [5, 5.41) is 7.25. The van der Waals surface area contributed by atoms with Crippen molar-refractivity contribution in [2.75, 3.05) is 6.26 Å². The molecule has 5 nitrogen and oxygen atoms in total. The minimum absolute atomic E-state index is 0.0654. The maximum atomic E-state index is 11.4. The van der Waals surface area contributed by atoms with Crippen LogP contribution in [0.4, 0.5) is 0 Å². The zero-order valence-electron chi connectivity index (χ0n) is 8.11. The van der Waals surface area contributed by atoms with E-state index in [1.165, 1.54) is 13.8 Å². The summed E-state index contributed by atoms with van der Waals surface area (Å²) in [7, 11) is -3.29. The summed E-state index contributed by atoms with van der Waals surface area (Å²) in [6.07, 6.45) is 1.12. The maximum absolute atomic E-state index is 11.4. The van der Waals surface area contributed by atoms with E-state index in [9.17, 15) is 8.42 Å². The average Bonchev–Trinajstić information content (AvgIpc) is 2.49. The Kier molecular flexibility index (Phi) is 2.87. The van der Waals surface area contributed by atoms with Crippen molar-refractivity contribution in [2.45, 2.75) is 24.5 Å². The second-order valence-corrected chi connectivity index (χ2v) is 6.25. The summed E-state index contributed by atoms with van der Waals surface area (Å²) in [4.78, 5) is 0. The van der Waals surface area contributed by atoms with Crippen molar-refractivity contribution in [3.8, 4) is 0 Å². The molecule has 0 bridgehead atoms. The Balaban J connectivity index is 3.17. The molecule has 0 aliphatic rings. The van der Waals surface area contributed by atoms with Gasteiger partial charge in [0.2, 0.25) is 11.8 Å². The Morgan fingerprint density at radius 2 is 2.00 bits per heavy atom. The second-order valence-electron chi connectivity index (χ2n) is 3.42. The molecule has 1 aromatic heterocycles. The molecule has 0 N–H and O–H groups in total. The molecule has 7 heteroatoms. The van der Waals surface area contributed by atoms with Crippen molar-refractivity contribution in [1.29, 1.82) is 0 Å². The van der Waals surface area contributed by atoms with Gasteiger partial charge in [0.25, 0.3) is 0 Å². The van der Waals surface area contributed by atoms with Gasteiger partial charge in [-0.3, -0.25) is 0 Å². The van der Waals surface area contributed by atoms with Crippen molar-refractivity contribution in [3.63, 3.8) is 0 Å². The lowest BCUT2D eigenvalue weighted by atomic mass is 10.2. The molecule has 0 amide bonds. The largest absolute Gasteiger partial charge is 0.422 e. The summed E-state index contributed by atoms with van der Waals surface area (Å²) in [5.41, 5.74) is 0. The van der Waals surface area contributed by atoms with Gasteiger partial charge >= 0.3 is 0 Å². The topological polar surface area (TPSA) is 73.1 Å². The van der Waals surface area contributed by atoms with Gasteiger partial charge < -0.3 is 4.42 Å². The molecule has 0 atom stereocenters. The van der Waals surface area contributed by atoms with E-state index in [2.05, 4.69) is 10.2 Å². The maximum Gasteiger partial charge on any atom is 0.237 e. The fourth-order valence-corrected chi connectivity index (χ4v) is 1.22. The number of aromatic nitrogens is 2. The van der Waals surface area contributed by atoms with Gasteiger partial charge in [-0.1, -0.05) is 0 Å². The normalized spacial score (nSPS) is 13.1. The predicted molar refractivity (Wildman–Crippen MR) is 51.7 cm³/mol. The van der Waals surface area contributed by atoms with Gasteiger partial charge in [-0.2, -0.15) is 0 Å². The highest BCUT2D eigenvalue weighted by Gasteiger charge is 2.37. The molecule has 0 unspecified atom stereocenters. The number of alkyl halides is 1. The van der Waals surface area contributed by atoms with E-state index >= 15 is 0 Å². The van der Waals surface area contributed by atoms with Crippen LogP contribution in [0.15, 0.2) is 4.42 Å². The third-order valence-electron chi connectivity index (χ3n) is 2.02. The molecule has 0 spiro atoms. The van der Waals surface area contributed by atoms with Gasteiger partial charge in [-0.15, -0.1) is 21.8 Å². The molecule has 1 heterocycles. The molecule has 1 aromatic rings. The van der Waals surface area contributed by atoms with Crippen LogP contribution in [0, 0.1) is 0 Å². The first kappa shape index (κ1) is 11.5. The molecule has 0 aliphatic carbocycles. The SMILES string of the molecule is CC(C)(c1nnc(CCl)o1)S(C)(=O)=O. The second kappa shape index (κ2) is 3.51. The molecule has 80 valence electrons. The van der Waals surface area contributed by atoms with Gasteiger partial charge in [0, 0.05) is 6.26 Å². The first-order chi connectivity index (χ1) is 6.29. The molecule has 0 saturated carbocycles. The van der Waals surface area contributed by atoms with Crippen molar-refractivity contribution >= 4 is 21.4 Å². The predicted octanol–water partition coefficient (Wildman–Crippen LogP) is 1.09. The van der Waals surface area contributed by atoms with E-state index in [0.717, 1.165) is 6.26 Å². The third kappa shape index (κ3) is 1.90. The minimum atomic E-state index is -3.29. The van der Waals surface area contributed by atoms with Crippen LogP contribution < -0.4 is 0 Å². The van der Waals surface area contributed by atoms with Gasteiger partial charge in [0.15, 0.2) is 9.84 Å². The number of sulfone groups is 1. The molecule has 0 radical (unpaired) electrons. The zero-order chi connectivity index (χ0) is 11.0. The zero-order valence-corrected chi connectivity index (χ0v) is 9.68. The van der Waals surface area contributed by atoms with Gasteiger partial charge in [-0.05, 0) is 13.8 Å². The van der Waals surface area contributed by atoms with Crippen LogP contribution in [0.5, 0.6) is 0 Å². The van der Waals surface area contributed by atoms with Crippen molar-refractivity contribution in [3.05, 3.63) is 11.8 Å². The van der Waals surface area contributed by atoms with E-state index in [-0.39, 0.29) is 17.7 Å².